The van der Waals surface area contributed by atoms with E-state index in [4.69, 9.17) is 5.41 Å². The van der Waals surface area contributed by atoms with Gasteiger partial charge in [-0.25, -0.2) is 0 Å². The number of carbonyl (C=O) groups is 1. The fourth-order valence-corrected chi connectivity index (χ4v) is 6.56. The first kappa shape index (κ1) is 29.5. The molecule has 0 saturated heterocycles. The molecule has 0 radical (unpaired) electrons. The SMILES string of the molecule is CCCCC(CC)Cn1c2ccc(C(=O)c3c(C)cc(C)cc3C)cc2c2cc(C(O)c3ccccc3C=N)ccc21. The van der Waals surface area contributed by atoms with Gasteiger partial charge in [-0.2, -0.15) is 0 Å². The van der Waals surface area contributed by atoms with Gasteiger partial charge in [0.05, 0.1) is 0 Å². The molecule has 5 rings (SSSR count). The molecule has 0 fully saturated rings. The van der Waals surface area contributed by atoms with Gasteiger partial charge in [0, 0.05) is 45.7 Å². The lowest BCUT2D eigenvalue weighted by Gasteiger charge is -2.18. The monoisotopic (exact) mass is 558 g/mol. The van der Waals surface area contributed by atoms with E-state index in [2.05, 4.69) is 55.7 Å². The number of aliphatic hydroxyl groups is 1. The minimum absolute atomic E-state index is 0.0401. The first-order chi connectivity index (χ1) is 20.3. The molecule has 4 aromatic carbocycles. The Labute approximate surface area is 249 Å². The molecular weight excluding hydrogens is 516 g/mol. The van der Waals surface area contributed by atoms with Crippen molar-refractivity contribution in [3.05, 3.63) is 117 Å². The Morgan fingerprint density at radius 3 is 2.24 bits per heavy atom. The van der Waals surface area contributed by atoms with Gasteiger partial charge in [0.1, 0.15) is 6.10 Å². The van der Waals surface area contributed by atoms with Crippen LogP contribution in [-0.4, -0.2) is 21.7 Å². The fourth-order valence-electron chi connectivity index (χ4n) is 6.56. The molecular formula is C38H42N2O2. The molecule has 0 saturated carbocycles. The second kappa shape index (κ2) is 12.5. The van der Waals surface area contributed by atoms with Gasteiger partial charge in [-0.3, -0.25) is 4.79 Å². The van der Waals surface area contributed by atoms with Crippen molar-refractivity contribution in [2.75, 3.05) is 0 Å². The van der Waals surface area contributed by atoms with Gasteiger partial charge in [-0.05, 0) is 91.3 Å². The summed E-state index contributed by atoms with van der Waals surface area (Å²) in [6, 6.07) is 24.0. The van der Waals surface area contributed by atoms with Gasteiger partial charge >= 0.3 is 0 Å². The summed E-state index contributed by atoms with van der Waals surface area (Å²) in [5, 5.41) is 21.3. The minimum atomic E-state index is -0.860. The lowest BCUT2D eigenvalue weighted by molar-refractivity contribution is 0.103. The van der Waals surface area contributed by atoms with E-state index in [-0.39, 0.29) is 5.78 Å². The number of aliphatic hydroxyl groups excluding tert-OH is 1. The van der Waals surface area contributed by atoms with E-state index in [0.29, 0.717) is 22.6 Å². The largest absolute Gasteiger partial charge is 0.384 e. The number of hydrogen-bond donors (Lipinski definition) is 2. The normalized spacial score (nSPS) is 13.0. The number of fused-ring (bicyclic) bond motifs is 3. The van der Waals surface area contributed by atoms with Crippen LogP contribution in [0.4, 0.5) is 0 Å². The fraction of sp³-hybridized carbons (Fsp3) is 0.316. The summed E-state index contributed by atoms with van der Waals surface area (Å²) in [6.45, 7) is 11.5. The maximum Gasteiger partial charge on any atom is 0.193 e. The summed E-state index contributed by atoms with van der Waals surface area (Å²) < 4.78 is 2.41. The second-order valence-corrected chi connectivity index (χ2v) is 11.8. The number of benzene rings is 4. The van der Waals surface area contributed by atoms with Crippen LogP contribution in [0.15, 0.2) is 72.8 Å². The molecule has 4 nitrogen and oxygen atoms in total. The van der Waals surface area contributed by atoms with Crippen LogP contribution in [0.3, 0.4) is 0 Å². The molecule has 0 aliphatic heterocycles. The van der Waals surface area contributed by atoms with Crippen LogP contribution in [0.2, 0.25) is 0 Å². The lowest BCUT2D eigenvalue weighted by atomic mass is 9.92. The molecule has 2 N–H and O–H groups in total. The van der Waals surface area contributed by atoms with E-state index in [0.717, 1.165) is 62.6 Å². The number of aryl methyl sites for hydroxylation is 3. The minimum Gasteiger partial charge on any atom is -0.384 e. The zero-order valence-electron chi connectivity index (χ0n) is 25.5. The van der Waals surface area contributed by atoms with E-state index in [1.807, 2.05) is 56.3 Å². The van der Waals surface area contributed by atoms with E-state index in [1.165, 1.54) is 25.5 Å². The highest BCUT2D eigenvalue weighted by Gasteiger charge is 2.21. The van der Waals surface area contributed by atoms with E-state index in [9.17, 15) is 9.90 Å². The quantitative estimate of drug-likeness (QED) is 0.125. The van der Waals surface area contributed by atoms with Crippen LogP contribution in [0.5, 0.6) is 0 Å². The average Bonchev–Trinajstić information content (AvgIpc) is 3.29. The molecule has 5 aromatic rings. The molecule has 2 atom stereocenters. The van der Waals surface area contributed by atoms with Crippen LogP contribution in [0, 0.1) is 32.1 Å². The second-order valence-electron chi connectivity index (χ2n) is 11.8. The zero-order chi connectivity index (χ0) is 30.0. The number of nitrogens with one attached hydrogen (secondary N) is 1. The van der Waals surface area contributed by atoms with Crippen LogP contribution in [0.1, 0.15) is 94.9 Å². The topological polar surface area (TPSA) is 66.1 Å². The van der Waals surface area contributed by atoms with Crippen molar-refractivity contribution >= 4 is 33.8 Å². The molecule has 216 valence electrons. The average molecular weight is 559 g/mol. The van der Waals surface area contributed by atoms with Crippen LogP contribution >= 0.6 is 0 Å². The summed E-state index contributed by atoms with van der Waals surface area (Å²) in [7, 11) is 0. The molecule has 0 aliphatic rings. The van der Waals surface area contributed by atoms with Crippen molar-refractivity contribution in [1.82, 2.24) is 4.57 Å². The van der Waals surface area contributed by atoms with Crippen LogP contribution in [-0.2, 0) is 6.54 Å². The third-order valence-electron chi connectivity index (χ3n) is 8.80. The van der Waals surface area contributed by atoms with Gasteiger partial charge in [0.15, 0.2) is 5.78 Å². The van der Waals surface area contributed by atoms with Crippen molar-refractivity contribution in [1.29, 1.82) is 5.41 Å². The molecule has 1 heterocycles. The number of rotatable bonds is 11. The summed E-state index contributed by atoms with van der Waals surface area (Å²) in [4.78, 5) is 13.9. The molecule has 0 spiro atoms. The summed E-state index contributed by atoms with van der Waals surface area (Å²) in [6.07, 6.45) is 5.13. The highest BCUT2D eigenvalue weighted by atomic mass is 16.3. The maximum atomic E-state index is 13.9. The van der Waals surface area contributed by atoms with Gasteiger partial charge < -0.3 is 15.1 Å². The Kier molecular flexibility index (Phi) is 8.74. The Balaban J connectivity index is 1.68. The predicted octanol–water partition coefficient (Wildman–Crippen LogP) is 9.25. The van der Waals surface area contributed by atoms with Crippen molar-refractivity contribution < 1.29 is 9.90 Å². The molecule has 0 amide bonds. The van der Waals surface area contributed by atoms with Crippen molar-refractivity contribution in [2.45, 2.75) is 73.0 Å². The van der Waals surface area contributed by atoms with Crippen LogP contribution in [0.25, 0.3) is 21.8 Å². The zero-order valence-corrected chi connectivity index (χ0v) is 25.5. The third kappa shape index (κ3) is 5.56. The predicted molar refractivity (Wildman–Crippen MR) is 175 cm³/mol. The Morgan fingerprint density at radius 1 is 0.905 bits per heavy atom. The number of ketones is 1. The highest BCUT2D eigenvalue weighted by Crippen LogP contribution is 2.36. The van der Waals surface area contributed by atoms with E-state index >= 15 is 0 Å². The molecule has 42 heavy (non-hydrogen) atoms. The summed E-state index contributed by atoms with van der Waals surface area (Å²) in [5.74, 6) is 0.603. The molecule has 0 bridgehead atoms. The Hall–Kier alpha value is -4.02. The summed E-state index contributed by atoms with van der Waals surface area (Å²) in [5.41, 5.74) is 9.01. The van der Waals surface area contributed by atoms with Gasteiger partial charge in [0.2, 0.25) is 0 Å². The first-order valence-electron chi connectivity index (χ1n) is 15.2. The lowest BCUT2D eigenvalue weighted by Crippen LogP contribution is -2.10. The van der Waals surface area contributed by atoms with Crippen molar-refractivity contribution in [2.24, 2.45) is 5.92 Å². The Bertz CT molecular complexity index is 1750. The maximum absolute atomic E-state index is 13.9. The number of hydrogen-bond acceptors (Lipinski definition) is 3. The van der Waals surface area contributed by atoms with E-state index in [1.54, 1.807) is 0 Å². The molecule has 0 aliphatic carbocycles. The third-order valence-corrected chi connectivity index (χ3v) is 8.80. The first-order valence-corrected chi connectivity index (χ1v) is 15.2. The number of unbranched alkanes of at least 4 members (excludes halogenated alkanes) is 1. The van der Waals surface area contributed by atoms with Crippen molar-refractivity contribution in [3.8, 4) is 0 Å². The smallest absolute Gasteiger partial charge is 0.193 e. The standard InChI is InChI=1S/C38H42N2O2/c1-6-8-11-27(7-2)23-40-34-16-14-28(37(41)31-13-10-9-12-30(31)22-39)20-32(34)33-21-29(15-17-35(33)40)38(42)36-25(4)18-24(3)19-26(36)5/h9-10,12-22,27,37,39,41H,6-8,11,23H2,1-5H3. The van der Waals surface area contributed by atoms with Gasteiger partial charge in [-0.1, -0.05) is 81.1 Å². The number of nitrogens with zero attached hydrogens (tertiary/aromatic N) is 1. The number of aromatic nitrogens is 1. The Morgan fingerprint density at radius 2 is 1.57 bits per heavy atom. The van der Waals surface area contributed by atoms with Gasteiger partial charge in [0.25, 0.3) is 0 Å². The molecule has 1 aromatic heterocycles. The number of carbonyl (C=O) groups excluding carboxylic acids is 1. The highest BCUT2D eigenvalue weighted by molar-refractivity contribution is 6.15. The molecule has 2 unspecified atom stereocenters. The summed E-state index contributed by atoms with van der Waals surface area (Å²) >= 11 is 0. The molecule has 4 heteroatoms. The van der Waals surface area contributed by atoms with Crippen LogP contribution < -0.4 is 0 Å². The van der Waals surface area contributed by atoms with E-state index < -0.39 is 6.10 Å². The van der Waals surface area contributed by atoms with Gasteiger partial charge in [-0.15, -0.1) is 0 Å². The van der Waals surface area contributed by atoms with Crippen molar-refractivity contribution in [3.63, 3.8) is 0 Å².